The van der Waals surface area contributed by atoms with E-state index in [0.717, 1.165) is 41.8 Å². The SMILES string of the molecule is COCc1nn(-c2ccccc2)cc1C(O)C1CCCCC1.COCc1nn(-c2ccccc2)cc1C=O. The lowest BCUT2D eigenvalue weighted by molar-refractivity contribution is 0.0815. The maximum atomic E-state index is 10.8. The predicted molar refractivity (Wildman–Crippen MR) is 145 cm³/mol. The number of aliphatic hydroxyl groups excluding tert-OH is 1. The predicted octanol–water partition coefficient (Wildman–Crippen LogP) is 5.46. The third kappa shape index (κ3) is 6.83. The van der Waals surface area contributed by atoms with Gasteiger partial charge in [0.2, 0.25) is 0 Å². The highest BCUT2D eigenvalue weighted by Crippen LogP contribution is 2.35. The van der Waals surface area contributed by atoms with Crippen LogP contribution in [0.25, 0.3) is 11.4 Å². The van der Waals surface area contributed by atoms with Crippen molar-refractivity contribution in [2.75, 3.05) is 14.2 Å². The minimum Gasteiger partial charge on any atom is -0.388 e. The molecule has 0 saturated heterocycles. The zero-order valence-corrected chi connectivity index (χ0v) is 22.1. The van der Waals surface area contributed by atoms with Crippen LogP contribution in [0.1, 0.15) is 65.5 Å². The van der Waals surface area contributed by atoms with Crippen molar-refractivity contribution >= 4 is 6.29 Å². The Morgan fingerprint density at radius 3 is 1.92 bits per heavy atom. The lowest BCUT2D eigenvalue weighted by atomic mass is 9.83. The summed E-state index contributed by atoms with van der Waals surface area (Å²) in [6, 6.07) is 19.6. The van der Waals surface area contributed by atoms with E-state index in [0.29, 0.717) is 30.4 Å². The van der Waals surface area contributed by atoms with Gasteiger partial charge >= 0.3 is 0 Å². The first-order chi connectivity index (χ1) is 18.6. The van der Waals surface area contributed by atoms with Crippen molar-refractivity contribution in [1.82, 2.24) is 19.6 Å². The van der Waals surface area contributed by atoms with Gasteiger partial charge < -0.3 is 14.6 Å². The molecule has 2 aromatic carbocycles. The topological polar surface area (TPSA) is 91.4 Å². The Morgan fingerprint density at radius 1 is 0.842 bits per heavy atom. The highest BCUT2D eigenvalue weighted by Gasteiger charge is 2.27. The number of para-hydroxylation sites is 2. The molecule has 0 spiro atoms. The molecule has 1 unspecified atom stereocenters. The molecule has 5 rings (SSSR count). The fraction of sp³-hybridized carbons (Fsp3) is 0.367. The smallest absolute Gasteiger partial charge is 0.153 e. The van der Waals surface area contributed by atoms with Crippen LogP contribution in [0.15, 0.2) is 73.1 Å². The van der Waals surface area contributed by atoms with Gasteiger partial charge in [0.1, 0.15) is 0 Å². The quantitative estimate of drug-likeness (QED) is 0.297. The van der Waals surface area contributed by atoms with E-state index in [1.165, 1.54) is 19.3 Å². The highest BCUT2D eigenvalue weighted by molar-refractivity contribution is 5.76. The number of methoxy groups -OCH3 is 2. The lowest BCUT2D eigenvalue weighted by Gasteiger charge is -2.26. The van der Waals surface area contributed by atoms with Gasteiger partial charge in [0.05, 0.1) is 47.6 Å². The van der Waals surface area contributed by atoms with Crippen molar-refractivity contribution in [3.63, 3.8) is 0 Å². The van der Waals surface area contributed by atoms with Gasteiger partial charge in [-0.05, 0) is 43.0 Å². The molecule has 1 atom stereocenters. The first kappa shape index (κ1) is 27.4. The molecule has 1 fully saturated rings. The molecule has 0 radical (unpaired) electrons. The van der Waals surface area contributed by atoms with Gasteiger partial charge in [-0.25, -0.2) is 9.36 Å². The Morgan fingerprint density at radius 2 is 1.37 bits per heavy atom. The van der Waals surface area contributed by atoms with Crippen LogP contribution in [0.5, 0.6) is 0 Å². The number of aldehydes is 1. The number of carbonyl (C=O) groups is 1. The van der Waals surface area contributed by atoms with E-state index < -0.39 is 6.10 Å². The molecular formula is C30H36N4O4. The Kier molecular flexibility index (Phi) is 9.97. The average Bonchev–Trinajstić information content (AvgIpc) is 3.59. The Balaban J connectivity index is 0.000000186. The molecule has 0 aliphatic heterocycles. The third-order valence-corrected chi connectivity index (χ3v) is 6.79. The molecular weight excluding hydrogens is 480 g/mol. The lowest BCUT2D eigenvalue weighted by Crippen LogP contribution is -2.16. The summed E-state index contributed by atoms with van der Waals surface area (Å²) in [6.45, 7) is 0.771. The van der Waals surface area contributed by atoms with Crippen LogP contribution in [-0.4, -0.2) is 45.2 Å². The summed E-state index contributed by atoms with van der Waals surface area (Å²) in [7, 11) is 3.24. The summed E-state index contributed by atoms with van der Waals surface area (Å²) in [4.78, 5) is 10.8. The van der Waals surface area contributed by atoms with E-state index in [4.69, 9.17) is 9.47 Å². The molecule has 38 heavy (non-hydrogen) atoms. The van der Waals surface area contributed by atoms with Gasteiger partial charge in [0.15, 0.2) is 6.29 Å². The van der Waals surface area contributed by atoms with Gasteiger partial charge in [-0.2, -0.15) is 10.2 Å². The molecule has 1 N–H and O–H groups in total. The van der Waals surface area contributed by atoms with Gasteiger partial charge in [-0.15, -0.1) is 0 Å². The summed E-state index contributed by atoms with van der Waals surface area (Å²) in [5, 5.41) is 19.7. The van der Waals surface area contributed by atoms with Gasteiger partial charge in [0.25, 0.3) is 0 Å². The molecule has 0 amide bonds. The number of aromatic nitrogens is 4. The van der Waals surface area contributed by atoms with Crippen LogP contribution in [0.3, 0.4) is 0 Å². The normalized spacial score (nSPS) is 14.5. The molecule has 8 heteroatoms. The Bertz CT molecular complexity index is 1260. The molecule has 1 aliphatic carbocycles. The highest BCUT2D eigenvalue weighted by atomic mass is 16.5. The summed E-state index contributed by atoms with van der Waals surface area (Å²) in [5.74, 6) is 0.345. The van der Waals surface area contributed by atoms with Crippen molar-refractivity contribution < 1.29 is 19.4 Å². The maximum Gasteiger partial charge on any atom is 0.153 e. The van der Waals surface area contributed by atoms with Crippen molar-refractivity contribution in [3.05, 3.63) is 95.6 Å². The van der Waals surface area contributed by atoms with E-state index >= 15 is 0 Å². The van der Waals surface area contributed by atoms with E-state index in [1.54, 1.807) is 25.1 Å². The van der Waals surface area contributed by atoms with Crippen molar-refractivity contribution in [2.45, 2.75) is 51.4 Å². The molecule has 1 aliphatic rings. The number of rotatable bonds is 9. The number of hydrogen-bond acceptors (Lipinski definition) is 6. The zero-order chi connectivity index (χ0) is 26.7. The zero-order valence-electron chi connectivity index (χ0n) is 22.1. The van der Waals surface area contributed by atoms with Crippen LogP contribution in [-0.2, 0) is 22.7 Å². The van der Waals surface area contributed by atoms with Gasteiger partial charge in [-0.3, -0.25) is 4.79 Å². The first-order valence-corrected chi connectivity index (χ1v) is 13.0. The molecule has 200 valence electrons. The van der Waals surface area contributed by atoms with Crippen LogP contribution in [0.2, 0.25) is 0 Å². The van der Waals surface area contributed by atoms with Crippen molar-refractivity contribution in [3.8, 4) is 11.4 Å². The maximum absolute atomic E-state index is 10.8. The van der Waals surface area contributed by atoms with E-state index in [9.17, 15) is 9.90 Å². The first-order valence-electron chi connectivity index (χ1n) is 13.0. The molecule has 2 heterocycles. The van der Waals surface area contributed by atoms with Crippen molar-refractivity contribution in [2.24, 2.45) is 5.92 Å². The second kappa shape index (κ2) is 13.8. The van der Waals surface area contributed by atoms with Crippen LogP contribution < -0.4 is 0 Å². The van der Waals surface area contributed by atoms with E-state index in [1.807, 2.05) is 71.5 Å². The van der Waals surface area contributed by atoms with Crippen LogP contribution in [0, 0.1) is 5.92 Å². The molecule has 4 aromatic rings. The molecule has 1 saturated carbocycles. The van der Waals surface area contributed by atoms with E-state index in [2.05, 4.69) is 10.2 Å². The minimum absolute atomic E-state index is 0.341. The van der Waals surface area contributed by atoms with Crippen LogP contribution in [0.4, 0.5) is 0 Å². The van der Waals surface area contributed by atoms with Crippen molar-refractivity contribution in [1.29, 1.82) is 0 Å². The van der Waals surface area contributed by atoms with Gasteiger partial charge in [0, 0.05) is 32.2 Å². The second-order valence-corrected chi connectivity index (χ2v) is 9.45. The number of nitrogens with zero attached hydrogens (tertiary/aromatic N) is 4. The van der Waals surface area contributed by atoms with E-state index in [-0.39, 0.29) is 0 Å². The summed E-state index contributed by atoms with van der Waals surface area (Å²) >= 11 is 0. The number of hydrogen-bond donors (Lipinski definition) is 1. The molecule has 2 aromatic heterocycles. The summed E-state index contributed by atoms with van der Waals surface area (Å²) in [6.07, 6.45) is 9.94. The Hall–Kier alpha value is -3.59. The van der Waals surface area contributed by atoms with Gasteiger partial charge in [-0.1, -0.05) is 55.7 Å². The standard InChI is InChI=1S/C18H24N2O2.C12H12N2O2/c1-22-13-17-16(18(21)14-8-4-2-5-9-14)12-20(19-17)15-10-6-3-7-11-15;1-16-9-12-10(8-15)7-14(13-12)11-5-3-2-4-6-11/h3,6-7,10-12,14,18,21H,2,4-5,8-9,13H2,1H3;2-8H,9H2,1H3. The monoisotopic (exact) mass is 516 g/mol. The second-order valence-electron chi connectivity index (χ2n) is 9.45. The molecule has 0 bridgehead atoms. The number of carbonyl (C=O) groups excluding carboxylic acids is 1. The summed E-state index contributed by atoms with van der Waals surface area (Å²) in [5.41, 5.74) is 4.89. The number of ether oxygens (including phenoxy) is 2. The number of benzene rings is 2. The minimum atomic E-state index is -0.442. The third-order valence-electron chi connectivity index (χ3n) is 6.79. The largest absolute Gasteiger partial charge is 0.388 e. The Labute approximate surface area is 223 Å². The fourth-order valence-corrected chi connectivity index (χ4v) is 4.82. The van der Waals surface area contributed by atoms with Crippen LogP contribution >= 0.6 is 0 Å². The molecule has 8 nitrogen and oxygen atoms in total. The number of aliphatic hydroxyl groups is 1. The summed E-state index contributed by atoms with van der Waals surface area (Å²) < 4.78 is 13.8. The average molecular weight is 517 g/mol. The fourth-order valence-electron chi connectivity index (χ4n) is 4.82.